The van der Waals surface area contributed by atoms with Crippen molar-refractivity contribution in [2.24, 2.45) is 11.5 Å². The molecule has 0 aromatic heterocycles. The molecule has 0 saturated heterocycles. The molecule has 0 heterocycles. The van der Waals surface area contributed by atoms with E-state index >= 15 is 0 Å². The first-order chi connectivity index (χ1) is 7.49. The maximum absolute atomic E-state index is 10.7. The molecule has 0 amide bonds. The minimum absolute atomic E-state index is 0.105. The van der Waals surface area contributed by atoms with Gasteiger partial charge in [0.15, 0.2) is 0 Å². The van der Waals surface area contributed by atoms with Gasteiger partial charge >= 0.3 is 0 Å². The predicted molar refractivity (Wildman–Crippen MR) is 55.7 cm³/mol. The lowest BCUT2D eigenvalue weighted by Gasteiger charge is -2.09. The van der Waals surface area contributed by atoms with Crippen LogP contribution in [0.3, 0.4) is 0 Å². The number of hydrogen-bond acceptors (Lipinski definition) is 6. The van der Waals surface area contributed by atoms with E-state index in [0.29, 0.717) is 0 Å². The molecule has 1 aromatic rings. The van der Waals surface area contributed by atoms with Gasteiger partial charge in [-0.1, -0.05) is 0 Å². The Morgan fingerprint density at radius 1 is 1.19 bits per heavy atom. The summed E-state index contributed by atoms with van der Waals surface area (Å²) < 4.78 is 0. The molecule has 86 valence electrons. The smallest absolute Gasteiger partial charge is 0.281 e. The normalized spacial score (nSPS) is 12.1. The molecule has 16 heavy (non-hydrogen) atoms. The van der Waals surface area contributed by atoms with Gasteiger partial charge in [0.25, 0.3) is 11.4 Å². The molecule has 4 N–H and O–H groups in total. The monoisotopic (exact) mass is 226 g/mol. The number of benzene rings is 1. The fraction of sp³-hybridized carbons (Fsp3) is 0.250. The summed E-state index contributed by atoms with van der Waals surface area (Å²) in [7, 11) is 0. The quantitative estimate of drug-likeness (QED) is 0.564. The van der Waals surface area contributed by atoms with Crippen LogP contribution in [0, 0.1) is 20.2 Å². The Kier molecular flexibility index (Phi) is 3.48. The standard InChI is InChI=1S/C8H10N4O4/c9-4-5(10)8-6(11(13)14)2-1-3-7(8)12(15)16/h1-3,5H,4,9-10H2/t5-/m0/s1. The van der Waals surface area contributed by atoms with Crippen molar-refractivity contribution in [2.75, 3.05) is 6.54 Å². The van der Waals surface area contributed by atoms with Crippen LogP contribution in [0.2, 0.25) is 0 Å². The maximum atomic E-state index is 10.7. The van der Waals surface area contributed by atoms with Crippen LogP contribution in [0.4, 0.5) is 11.4 Å². The minimum Gasteiger partial charge on any atom is -0.329 e. The molecule has 0 radical (unpaired) electrons. The van der Waals surface area contributed by atoms with Crippen LogP contribution in [-0.4, -0.2) is 16.4 Å². The van der Waals surface area contributed by atoms with E-state index in [2.05, 4.69) is 0 Å². The summed E-state index contributed by atoms with van der Waals surface area (Å²) in [5.74, 6) is 0. The molecule has 0 aliphatic rings. The summed E-state index contributed by atoms with van der Waals surface area (Å²) in [6.45, 7) is -0.105. The van der Waals surface area contributed by atoms with Crippen LogP contribution in [0.25, 0.3) is 0 Å². The average Bonchev–Trinajstić information content (AvgIpc) is 2.26. The third kappa shape index (κ3) is 2.12. The van der Waals surface area contributed by atoms with E-state index in [4.69, 9.17) is 11.5 Å². The summed E-state index contributed by atoms with van der Waals surface area (Å²) >= 11 is 0. The van der Waals surface area contributed by atoms with Crippen molar-refractivity contribution in [2.45, 2.75) is 6.04 Å². The largest absolute Gasteiger partial charge is 0.329 e. The van der Waals surface area contributed by atoms with Gasteiger partial charge in [0, 0.05) is 18.7 Å². The zero-order valence-corrected chi connectivity index (χ0v) is 8.20. The van der Waals surface area contributed by atoms with Gasteiger partial charge in [0.2, 0.25) is 0 Å². The molecule has 8 heteroatoms. The Balaban J connectivity index is 3.46. The van der Waals surface area contributed by atoms with E-state index in [1.54, 1.807) is 0 Å². The fourth-order valence-electron chi connectivity index (χ4n) is 1.36. The lowest BCUT2D eigenvalue weighted by Crippen LogP contribution is -2.22. The highest BCUT2D eigenvalue weighted by Gasteiger charge is 2.28. The molecule has 1 aromatic carbocycles. The van der Waals surface area contributed by atoms with E-state index in [0.717, 1.165) is 12.1 Å². The van der Waals surface area contributed by atoms with Crippen LogP contribution in [-0.2, 0) is 0 Å². The minimum atomic E-state index is -0.929. The van der Waals surface area contributed by atoms with Crippen LogP contribution in [0.5, 0.6) is 0 Å². The average molecular weight is 226 g/mol. The van der Waals surface area contributed by atoms with Gasteiger partial charge < -0.3 is 11.5 Å². The number of nitrogens with two attached hydrogens (primary N) is 2. The first-order valence-corrected chi connectivity index (χ1v) is 4.36. The van der Waals surface area contributed by atoms with Crippen molar-refractivity contribution < 1.29 is 9.85 Å². The lowest BCUT2D eigenvalue weighted by molar-refractivity contribution is -0.395. The number of hydrogen-bond donors (Lipinski definition) is 2. The van der Waals surface area contributed by atoms with Crippen molar-refractivity contribution in [1.82, 2.24) is 0 Å². The van der Waals surface area contributed by atoms with E-state index in [9.17, 15) is 20.2 Å². The summed E-state index contributed by atoms with van der Waals surface area (Å²) in [6.07, 6.45) is 0. The number of nitrogens with zero attached hydrogens (tertiary/aromatic N) is 2. The lowest BCUT2D eigenvalue weighted by atomic mass is 10.0. The first-order valence-electron chi connectivity index (χ1n) is 4.36. The van der Waals surface area contributed by atoms with Crippen LogP contribution < -0.4 is 11.5 Å². The van der Waals surface area contributed by atoms with E-state index in [-0.39, 0.29) is 23.5 Å². The van der Waals surface area contributed by atoms with Gasteiger partial charge in [-0.05, 0) is 6.07 Å². The number of rotatable bonds is 4. The molecule has 1 rings (SSSR count). The van der Waals surface area contributed by atoms with Gasteiger partial charge in [-0.15, -0.1) is 0 Å². The summed E-state index contributed by atoms with van der Waals surface area (Å²) in [6, 6.07) is 2.64. The number of nitro groups is 2. The SMILES string of the molecule is NC[C@H](N)c1c([N+](=O)[O-])cccc1[N+](=O)[O-]. The zero-order chi connectivity index (χ0) is 12.3. The third-order valence-corrected chi connectivity index (χ3v) is 2.08. The molecule has 0 bridgehead atoms. The molecule has 0 saturated carbocycles. The van der Waals surface area contributed by atoms with E-state index < -0.39 is 15.9 Å². The van der Waals surface area contributed by atoms with Crippen molar-refractivity contribution in [3.63, 3.8) is 0 Å². The second-order valence-electron chi connectivity index (χ2n) is 3.07. The van der Waals surface area contributed by atoms with Gasteiger partial charge in [-0.2, -0.15) is 0 Å². The highest BCUT2D eigenvalue weighted by atomic mass is 16.6. The summed E-state index contributed by atoms with van der Waals surface area (Å²) in [5, 5.41) is 21.4. The van der Waals surface area contributed by atoms with Crippen molar-refractivity contribution >= 4 is 11.4 Å². The fourth-order valence-corrected chi connectivity index (χ4v) is 1.36. The highest BCUT2D eigenvalue weighted by Crippen LogP contribution is 2.31. The second kappa shape index (κ2) is 4.64. The van der Waals surface area contributed by atoms with Crippen LogP contribution in [0.15, 0.2) is 18.2 Å². The molecule has 0 fully saturated rings. The molecule has 0 aliphatic heterocycles. The van der Waals surface area contributed by atoms with Gasteiger partial charge in [-0.25, -0.2) is 0 Å². The highest BCUT2D eigenvalue weighted by molar-refractivity contribution is 5.55. The van der Waals surface area contributed by atoms with Gasteiger partial charge in [-0.3, -0.25) is 20.2 Å². The Hall–Kier alpha value is -2.06. The molecule has 1 atom stereocenters. The number of nitro benzene ring substituents is 2. The molecular formula is C8H10N4O4. The Labute approximate surface area is 90.1 Å². The van der Waals surface area contributed by atoms with E-state index in [1.807, 2.05) is 0 Å². The van der Waals surface area contributed by atoms with Crippen molar-refractivity contribution in [1.29, 1.82) is 0 Å². The molecule has 0 unspecified atom stereocenters. The molecular weight excluding hydrogens is 216 g/mol. The Bertz CT molecular complexity index is 402. The molecule has 0 spiro atoms. The Morgan fingerprint density at radius 3 is 1.94 bits per heavy atom. The third-order valence-electron chi connectivity index (χ3n) is 2.08. The van der Waals surface area contributed by atoms with Crippen LogP contribution >= 0.6 is 0 Å². The van der Waals surface area contributed by atoms with Crippen molar-refractivity contribution in [3.05, 3.63) is 44.0 Å². The maximum Gasteiger partial charge on any atom is 0.281 e. The predicted octanol–water partition coefficient (Wildman–Crippen LogP) is 0.462. The summed E-state index contributed by atoms with van der Waals surface area (Å²) in [4.78, 5) is 20.0. The Morgan fingerprint density at radius 2 is 1.62 bits per heavy atom. The van der Waals surface area contributed by atoms with Gasteiger partial charge in [0.1, 0.15) is 5.56 Å². The topological polar surface area (TPSA) is 138 Å². The van der Waals surface area contributed by atoms with Gasteiger partial charge in [0.05, 0.1) is 15.9 Å². The van der Waals surface area contributed by atoms with E-state index in [1.165, 1.54) is 6.07 Å². The zero-order valence-electron chi connectivity index (χ0n) is 8.20. The van der Waals surface area contributed by atoms with Crippen molar-refractivity contribution in [3.8, 4) is 0 Å². The summed E-state index contributed by atoms with van der Waals surface area (Å²) in [5.41, 5.74) is 9.91. The van der Waals surface area contributed by atoms with Crippen LogP contribution in [0.1, 0.15) is 11.6 Å². The second-order valence-corrected chi connectivity index (χ2v) is 3.07. The molecule has 0 aliphatic carbocycles. The first kappa shape index (κ1) is 12.0. The molecule has 8 nitrogen and oxygen atoms in total.